The quantitative estimate of drug-likeness (QED) is 0.724. The Hall–Kier alpha value is -0.0900. The monoisotopic (exact) mass is 251 g/mol. The van der Waals surface area contributed by atoms with Crippen LogP contribution in [0.1, 0.15) is 27.2 Å². The van der Waals surface area contributed by atoms with Crippen molar-refractivity contribution in [1.82, 2.24) is 5.32 Å². The Morgan fingerprint density at radius 1 is 1.62 bits per heavy atom. The number of carbonyl (C=O) groups excluding carboxylic acids is 1. The van der Waals surface area contributed by atoms with E-state index >= 15 is 0 Å². The minimum absolute atomic E-state index is 0.00832. The van der Waals surface area contributed by atoms with Crippen molar-refractivity contribution in [3.05, 3.63) is 0 Å². The maximum atomic E-state index is 11.2. The van der Waals surface area contributed by atoms with E-state index in [4.69, 9.17) is 5.11 Å². The van der Waals surface area contributed by atoms with Crippen LogP contribution >= 0.6 is 15.9 Å². The van der Waals surface area contributed by atoms with E-state index in [1.807, 2.05) is 13.8 Å². The summed E-state index contributed by atoms with van der Waals surface area (Å²) in [5, 5.41) is 11.6. The molecule has 0 fully saturated rings. The molecule has 2 N–H and O–H groups in total. The smallest absolute Gasteiger partial charge is 0.233 e. The Kier molecular flexibility index (Phi) is 5.56. The third-order valence-electron chi connectivity index (χ3n) is 1.89. The van der Waals surface area contributed by atoms with Gasteiger partial charge in [-0.3, -0.25) is 4.79 Å². The van der Waals surface area contributed by atoms with Gasteiger partial charge < -0.3 is 10.4 Å². The number of aliphatic hydroxyl groups is 1. The molecular formula is C9H18BrNO2. The van der Waals surface area contributed by atoms with Gasteiger partial charge >= 0.3 is 0 Å². The van der Waals surface area contributed by atoms with Crippen LogP contribution in [-0.4, -0.2) is 29.0 Å². The van der Waals surface area contributed by atoms with Crippen LogP contribution in [0.15, 0.2) is 0 Å². The van der Waals surface area contributed by atoms with E-state index in [0.717, 1.165) is 0 Å². The van der Waals surface area contributed by atoms with Crippen molar-refractivity contribution in [3.8, 4) is 0 Å². The van der Waals surface area contributed by atoms with Crippen molar-refractivity contribution in [3.63, 3.8) is 0 Å². The molecule has 0 radical (unpaired) electrons. The van der Waals surface area contributed by atoms with E-state index in [1.54, 1.807) is 6.92 Å². The normalized spacial score (nSPS) is 13.9. The van der Waals surface area contributed by atoms with Gasteiger partial charge in [0.2, 0.25) is 5.91 Å². The number of rotatable bonds is 5. The summed E-state index contributed by atoms with van der Waals surface area (Å²) < 4.78 is 0. The standard InChI is InChI=1S/C9H18BrNO2/c1-7(10)8(13)11-6-9(2,3)4-5-12/h7,12H,4-6H2,1-3H3,(H,11,13). The first-order valence-corrected chi connectivity index (χ1v) is 5.33. The third-order valence-corrected chi connectivity index (χ3v) is 2.31. The fourth-order valence-corrected chi connectivity index (χ4v) is 1.02. The summed E-state index contributed by atoms with van der Waals surface area (Å²) in [5.74, 6) is -0.00832. The predicted molar refractivity (Wildman–Crippen MR) is 56.9 cm³/mol. The highest BCUT2D eigenvalue weighted by molar-refractivity contribution is 9.10. The molecule has 1 atom stereocenters. The van der Waals surface area contributed by atoms with Gasteiger partial charge in [0.15, 0.2) is 0 Å². The van der Waals surface area contributed by atoms with Crippen LogP contribution in [0.3, 0.4) is 0 Å². The van der Waals surface area contributed by atoms with Crippen molar-refractivity contribution in [1.29, 1.82) is 0 Å². The lowest BCUT2D eigenvalue weighted by Gasteiger charge is -2.24. The minimum Gasteiger partial charge on any atom is -0.396 e. The predicted octanol–water partition coefficient (Wildman–Crippen LogP) is 1.29. The summed E-state index contributed by atoms with van der Waals surface area (Å²) in [7, 11) is 0. The van der Waals surface area contributed by atoms with Crippen LogP contribution in [0.2, 0.25) is 0 Å². The van der Waals surface area contributed by atoms with Gasteiger partial charge in [0, 0.05) is 13.2 Å². The average Bonchev–Trinajstić information content (AvgIpc) is 2.00. The topological polar surface area (TPSA) is 49.3 Å². The van der Waals surface area contributed by atoms with Crippen molar-refractivity contribution >= 4 is 21.8 Å². The van der Waals surface area contributed by atoms with Gasteiger partial charge in [0.05, 0.1) is 4.83 Å². The molecule has 0 saturated heterocycles. The molecule has 1 unspecified atom stereocenters. The summed E-state index contributed by atoms with van der Waals surface area (Å²) in [5.41, 5.74) is -0.0354. The molecule has 0 saturated carbocycles. The van der Waals surface area contributed by atoms with E-state index in [0.29, 0.717) is 13.0 Å². The molecule has 0 aliphatic heterocycles. The van der Waals surface area contributed by atoms with Crippen LogP contribution < -0.4 is 5.32 Å². The second kappa shape index (κ2) is 5.60. The first-order valence-electron chi connectivity index (χ1n) is 4.42. The average molecular weight is 252 g/mol. The summed E-state index contributed by atoms with van der Waals surface area (Å²) in [6.07, 6.45) is 0.698. The number of halogens is 1. The molecule has 0 spiro atoms. The summed E-state index contributed by atoms with van der Waals surface area (Å²) in [6, 6.07) is 0. The number of nitrogens with one attached hydrogen (secondary N) is 1. The molecule has 0 heterocycles. The highest BCUT2D eigenvalue weighted by Gasteiger charge is 2.19. The van der Waals surface area contributed by atoms with Crippen LogP contribution in [0.25, 0.3) is 0 Å². The van der Waals surface area contributed by atoms with E-state index in [-0.39, 0.29) is 22.8 Å². The largest absolute Gasteiger partial charge is 0.396 e. The summed E-state index contributed by atoms with van der Waals surface area (Å²) in [6.45, 7) is 6.58. The van der Waals surface area contributed by atoms with Crippen molar-refractivity contribution in [2.45, 2.75) is 32.0 Å². The van der Waals surface area contributed by atoms with Crippen LogP contribution in [0, 0.1) is 5.41 Å². The molecule has 0 aromatic rings. The maximum absolute atomic E-state index is 11.2. The van der Waals surface area contributed by atoms with Crippen LogP contribution in [0.4, 0.5) is 0 Å². The Bertz CT molecular complexity index is 169. The molecule has 0 aliphatic carbocycles. The lowest BCUT2D eigenvalue weighted by Crippen LogP contribution is -2.37. The molecular weight excluding hydrogens is 234 g/mol. The highest BCUT2D eigenvalue weighted by atomic mass is 79.9. The molecule has 4 heteroatoms. The number of aliphatic hydroxyl groups excluding tert-OH is 1. The number of carbonyl (C=O) groups is 1. The second-order valence-corrected chi connectivity index (χ2v) is 5.35. The summed E-state index contributed by atoms with van der Waals surface area (Å²) >= 11 is 3.19. The zero-order chi connectivity index (χ0) is 10.5. The number of alkyl halides is 1. The number of hydrogen-bond donors (Lipinski definition) is 2. The number of amides is 1. The zero-order valence-corrected chi connectivity index (χ0v) is 10.0. The maximum Gasteiger partial charge on any atom is 0.233 e. The van der Waals surface area contributed by atoms with E-state index in [2.05, 4.69) is 21.2 Å². The first-order chi connectivity index (χ1) is 5.89. The van der Waals surface area contributed by atoms with Crippen molar-refractivity contribution in [2.24, 2.45) is 5.41 Å². The van der Waals surface area contributed by atoms with Gasteiger partial charge in [-0.25, -0.2) is 0 Å². The van der Waals surface area contributed by atoms with E-state index in [1.165, 1.54) is 0 Å². The van der Waals surface area contributed by atoms with Crippen molar-refractivity contribution in [2.75, 3.05) is 13.2 Å². The zero-order valence-electron chi connectivity index (χ0n) is 8.43. The number of hydrogen-bond acceptors (Lipinski definition) is 2. The first kappa shape index (κ1) is 12.9. The molecule has 0 rings (SSSR count). The Morgan fingerprint density at radius 2 is 2.15 bits per heavy atom. The van der Waals surface area contributed by atoms with E-state index in [9.17, 15) is 4.79 Å². The minimum atomic E-state index is -0.155. The fourth-order valence-electron chi connectivity index (χ4n) is 0.858. The van der Waals surface area contributed by atoms with Gasteiger partial charge in [-0.2, -0.15) is 0 Å². The molecule has 1 amide bonds. The molecule has 0 bridgehead atoms. The van der Waals surface area contributed by atoms with Gasteiger partial charge in [0.1, 0.15) is 0 Å². The van der Waals surface area contributed by atoms with Gasteiger partial charge in [-0.15, -0.1) is 0 Å². The second-order valence-electron chi connectivity index (χ2n) is 3.97. The highest BCUT2D eigenvalue weighted by Crippen LogP contribution is 2.18. The van der Waals surface area contributed by atoms with Gasteiger partial charge in [0.25, 0.3) is 0 Å². The Morgan fingerprint density at radius 3 is 2.54 bits per heavy atom. The van der Waals surface area contributed by atoms with E-state index < -0.39 is 0 Å². The molecule has 0 aliphatic rings. The SMILES string of the molecule is CC(Br)C(=O)NCC(C)(C)CCO. The lowest BCUT2D eigenvalue weighted by molar-refractivity contribution is -0.120. The Labute approximate surface area is 88.0 Å². The summed E-state index contributed by atoms with van der Waals surface area (Å²) in [4.78, 5) is 11.0. The van der Waals surface area contributed by atoms with Gasteiger partial charge in [-0.05, 0) is 18.8 Å². The van der Waals surface area contributed by atoms with Crippen LogP contribution in [-0.2, 0) is 4.79 Å². The van der Waals surface area contributed by atoms with Crippen molar-refractivity contribution < 1.29 is 9.90 Å². The fraction of sp³-hybridized carbons (Fsp3) is 0.889. The van der Waals surface area contributed by atoms with Crippen LogP contribution in [0.5, 0.6) is 0 Å². The molecule has 13 heavy (non-hydrogen) atoms. The Balaban J connectivity index is 3.80. The molecule has 0 aromatic heterocycles. The molecule has 0 aromatic carbocycles. The van der Waals surface area contributed by atoms with Gasteiger partial charge in [-0.1, -0.05) is 29.8 Å². The molecule has 3 nitrogen and oxygen atoms in total. The molecule has 78 valence electrons. The lowest BCUT2D eigenvalue weighted by atomic mass is 9.90. The third kappa shape index (κ3) is 6.05.